The second-order valence-corrected chi connectivity index (χ2v) is 6.61. The van der Waals surface area contributed by atoms with Crippen LogP contribution in [0.2, 0.25) is 0 Å². The number of nitrogens with zero attached hydrogens (tertiary/aromatic N) is 1. The minimum atomic E-state index is -0.677. The van der Waals surface area contributed by atoms with Crippen molar-refractivity contribution in [1.82, 2.24) is 10.3 Å². The van der Waals surface area contributed by atoms with Crippen molar-refractivity contribution in [3.63, 3.8) is 0 Å². The number of hydrogen-bond donors (Lipinski definition) is 1. The van der Waals surface area contributed by atoms with Gasteiger partial charge in [0.2, 0.25) is 0 Å². The van der Waals surface area contributed by atoms with E-state index in [0.29, 0.717) is 5.69 Å². The number of ether oxygens (including phenoxy) is 1. The maximum Gasteiger partial charge on any atom is 0.328 e. The maximum atomic E-state index is 12.4. The zero-order valence-corrected chi connectivity index (χ0v) is 16.5. The molecule has 0 bridgehead atoms. The van der Waals surface area contributed by atoms with Gasteiger partial charge in [-0.15, -0.1) is 0 Å². The van der Waals surface area contributed by atoms with Crippen LogP contribution in [0.3, 0.4) is 0 Å². The molecule has 1 amide bonds. The van der Waals surface area contributed by atoms with Crippen molar-refractivity contribution in [1.29, 1.82) is 0 Å². The van der Waals surface area contributed by atoms with E-state index in [0.717, 1.165) is 38.5 Å². The summed E-state index contributed by atoms with van der Waals surface area (Å²) in [6, 6.07) is 4.44. The molecule has 0 aliphatic carbocycles. The molecule has 0 aliphatic rings. The van der Waals surface area contributed by atoms with E-state index in [1.165, 1.54) is 12.7 Å². The molecule has 0 saturated heterocycles. The molecular formula is C21H32N2O3. The highest BCUT2D eigenvalue weighted by atomic mass is 16.5. The van der Waals surface area contributed by atoms with E-state index in [1.807, 2.05) is 6.92 Å². The molecular weight excluding hydrogens is 328 g/mol. The van der Waals surface area contributed by atoms with Gasteiger partial charge in [0.1, 0.15) is 11.7 Å². The van der Waals surface area contributed by atoms with E-state index in [-0.39, 0.29) is 11.8 Å². The Morgan fingerprint density at radius 2 is 2.00 bits per heavy atom. The summed E-state index contributed by atoms with van der Waals surface area (Å²) in [5, 5.41) is 2.79. The number of rotatable bonds is 11. The first-order valence-corrected chi connectivity index (χ1v) is 9.51. The first kappa shape index (κ1) is 21.9. The molecule has 5 heteroatoms. The fraction of sp³-hybridized carbons (Fsp3) is 0.571. The molecule has 0 aliphatic heterocycles. The van der Waals surface area contributed by atoms with Crippen LogP contribution in [0.25, 0.3) is 0 Å². The Morgan fingerprint density at radius 3 is 2.58 bits per heavy atom. The maximum absolute atomic E-state index is 12.4. The van der Waals surface area contributed by atoms with E-state index < -0.39 is 12.0 Å². The topological polar surface area (TPSA) is 68.3 Å². The molecule has 2 atom stereocenters. The lowest BCUT2D eigenvalue weighted by molar-refractivity contribution is -0.144. The lowest BCUT2D eigenvalue weighted by Crippen LogP contribution is -2.46. The van der Waals surface area contributed by atoms with Gasteiger partial charge >= 0.3 is 5.97 Å². The molecule has 0 unspecified atom stereocenters. The van der Waals surface area contributed by atoms with Crippen LogP contribution in [0, 0.1) is 5.92 Å². The molecule has 5 nitrogen and oxygen atoms in total. The van der Waals surface area contributed by atoms with E-state index in [4.69, 9.17) is 4.74 Å². The monoisotopic (exact) mass is 360 g/mol. The van der Waals surface area contributed by atoms with Crippen molar-refractivity contribution >= 4 is 11.9 Å². The molecule has 1 aromatic rings. The van der Waals surface area contributed by atoms with Gasteiger partial charge < -0.3 is 10.1 Å². The highest BCUT2D eigenvalue weighted by Gasteiger charge is 2.28. The van der Waals surface area contributed by atoms with Crippen molar-refractivity contribution in [2.75, 3.05) is 7.11 Å². The summed E-state index contributed by atoms with van der Waals surface area (Å²) < 4.78 is 4.90. The molecule has 1 heterocycles. The number of nitrogens with one attached hydrogen (secondary N) is 1. The Kier molecular flexibility index (Phi) is 10.3. The normalized spacial score (nSPS) is 13.8. The summed E-state index contributed by atoms with van der Waals surface area (Å²) in [4.78, 5) is 28.6. The summed E-state index contributed by atoms with van der Waals surface area (Å²) in [7, 11) is 1.35. The number of hydrogen-bond acceptors (Lipinski definition) is 4. The van der Waals surface area contributed by atoms with Crippen LogP contribution in [0.1, 0.15) is 69.8 Å². The van der Waals surface area contributed by atoms with Crippen LogP contribution in [0.5, 0.6) is 0 Å². The summed E-state index contributed by atoms with van der Waals surface area (Å²) in [6.45, 7) is 6.32. The van der Waals surface area contributed by atoms with E-state index in [9.17, 15) is 9.59 Å². The minimum absolute atomic E-state index is 0.0306. The van der Waals surface area contributed by atoms with Crippen LogP contribution in [-0.2, 0) is 9.53 Å². The van der Waals surface area contributed by atoms with Gasteiger partial charge in [0.15, 0.2) is 0 Å². The van der Waals surface area contributed by atoms with E-state index in [2.05, 4.69) is 30.2 Å². The number of esters is 1. The zero-order valence-electron chi connectivity index (χ0n) is 16.5. The Hall–Kier alpha value is -2.17. The number of unbranched alkanes of at least 4 members (excludes halogenated alkanes) is 1. The molecule has 1 N–H and O–H groups in total. The quantitative estimate of drug-likeness (QED) is 0.472. The second-order valence-electron chi connectivity index (χ2n) is 6.61. The summed E-state index contributed by atoms with van der Waals surface area (Å²) >= 11 is 0. The van der Waals surface area contributed by atoms with Crippen LogP contribution < -0.4 is 5.32 Å². The second kappa shape index (κ2) is 12.2. The summed E-state index contributed by atoms with van der Waals surface area (Å²) in [6.07, 6.45) is 10.0. The Bertz CT molecular complexity index is 584. The average Bonchev–Trinajstić information content (AvgIpc) is 2.67. The SMILES string of the molecule is CCC/C=C(\CCC)CC[C@H](C)[C@H](NC(=O)c1ccccn1)C(=O)OC. The third-order valence-electron chi connectivity index (χ3n) is 4.42. The Morgan fingerprint density at radius 1 is 1.23 bits per heavy atom. The molecule has 0 radical (unpaired) electrons. The molecule has 1 rings (SSSR count). The van der Waals surface area contributed by atoms with E-state index in [1.54, 1.807) is 24.4 Å². The summed E-state index contributed by atoms with van der Waals surface area (Å²) in [5.74, 6) is -0.809. The predicted molar refractivity (Wildman–Crippen MR) is 104 cm³/mol. The fourth-order valence-corrected chi connectivity index (χ4v) is 2.85. The third-order valence-corrected chi connectivity index (χ3v) is 4.42. The number of allylic oxidation sites excluding steroid dienone is 2. The minimum Gasteiger partial charge on any atom is -0.467 e. The Labute approximate surface area is 157 Å². The number of amides is 1. The molecule has 0 spiro atoms. The van der Waals surface area contributed by atoms with Crippen LogP contribution in [0.4, 0.5) is 0 Å². The third kappa shape index (κ3) is 7.38. The van der Waals surface area contributed by atoms with Crippen molar-refractivity contribution in [2.24, 2.45) is 5.92 Å². The van der Waals surface area contributed by atoms with Gasteiger partial charge in [0, 0.05) is 6.20 Å². The average molecular weight is 360 g/mol. The zero-order chi connectivity index (χ0) is 19.4. The first-order valence-electron chi connectivity index (χ1n) is 9.51. The van der Waals surface area contributed by atoms with Gasteiger partial charge in [-0.05, 0) is 43.7 Å². The number of aromatic nitrogens is 1. The van der Waals surface area contributed by atoms with Crippen molar-refractivity contribution in [3.05, 3.63) is 41.7 Å². The van der Waals surface area contributed by atoms with Crippen LogP contribution >= 0.6 is 0 Å². The fourth-order valence-electron chi connectivity index (χ4n) is 2.85. The lowest BCUT2D eigenvalue weighted by Gasteiger charge is -2.23. The van der Waals surface area contributed by atoms with Gasteiger partial charge in [-0.3, -0.25) is 9.78 Å². The highest BCUT2D eigenvalue weighted by molar-refractivity contribution is 5.95. The number of carbonyl (C=O) groups is 2. The van der Waals surface area contributed by atoms with Gasteiger partial charge in [-0.1, -0.05) is 51.3 Å². The highest BCUT2D eigenvalue weighted by Crippen LogP contribution is 2.20. The van der Waals surface area contributed by atoms with Crippen LogP contribution in [-0.4, -0.2) is 30.0 Å². The van der Waals surface area contributed by atoms with Gasteiger partial charge in [-0.2, -0.15) is 0 Å². The largest absolute Gasteiger partial charge is 0.467 e. The number of pyridine rings is 1. The summed E-state index contributed by atoms with van der Waals surface area (Å²) in [5.41, 5.74) is 1.73. The van der Waals surface area contributed by atoms with Crippen LogP contribution in [0.15, 0.2) is 36.0 Å². The number of methoxy groups -OCH3 is 1. The Balaban J connectivity index is 2.75. The van der Waals surface area contributed by atoms with E-state index >= 15 is 0 Å². The first-order chi connectivity index (χ1) is 12.5. The van der Waals surface area contributed by atoms with Gasteiger partial charge in [-0.25, -0.2) is 4.79 Å². The lowest BCUT2D eigenvalue weighted by atomic mass is 9.92. The molecule has 0 saturated carbocycles. The van der Waals surface area contributed by atoms with Crippen molar-refractivity contribution in [3.8, 4) is 0 Å². The number of carbonyl (C=O) groups excluding carboxylic acids is 2. The molecule has 144 valence electrons. The van der Waals surface area contributed by atoms with Gasteiger partial charge in [0.05, 0.1) is 7.11 Å². The molecule has 1 aromatic heterocycles. The molecule has 26 heavy (non-hydrogen) atoms. The van der Waals surface area contributed by atoms with Crippen molar-refractivity contribution < 1.29 is 14.3 Å². The molecule has 0 aromatic carbocycles. The van der Waals surface area contributed by atoms with Crippen molar-refractivity contribution in [2.45, 2.75) is 65.3 Å². The predicted octanol–water partition coefficient (Wildman–Crippen LogP) is 4.30. The smallest absolute Gasteiger partial charge is 0.328 e. The van der Waals surface area contributed by atoms with Gasteiger partial charge in [0.25, 0.3) is 5.91 Å². The standard InChI is InChI=1S/C21H32N2O3/c1-5-7-11-17(10-6-2)14-13-16(3)19(21(25)26-4)23-20(24)18-12-8-9-15-22-18/h8-9,11-12,15-16,19H,5-7,10,13-14H2,1-4H3,(H,23,24)/b17-11+/t16-,19-/m0/s1. The molecule has 0 fully saturated rings.